The molecule has 1 fully saturated rings. The molecule has 1 aliphatic rings. The Hall–Kier alpha value is -2.61. The average molecular weight is 654 g/mol. The molecule has 0 bridgehead atoms. The van der Waals surface area contributed by atoms with Gasteiger partial charge in [0.25, 0.3) is 0 Å². The number of carbonyl (C=O) groups excluding carboxylic acids is 2. The summed E-state index contributed by atoms with van der Waals surface area (Å²) in [6, 6.07) is 8.23. The number of nitrogens with one attached hydrogen (secondary N) is 4. The van der Waals surface area contributed by atoms with Crippen molar-refractivity contribution in [3.8, 4) is 0 Å². The molecule has 11 nitrogen and oxygen atoms in total. The summed E-state index contributed by atoms with van der Waals surface area (Å²) in [6.45, 7) is 17.3. The molecule has 0 radical (unpaired) electrons. The molecule has 1 aliphatic heterocycles. The third-order valence-corrected chi connectivity index (χ3v) is 9.62. The molecular formula is C31H51N5O6S2. The number of aliphatic imine (C=N–C) groups is 1. The van der Waals surface area contributed by atoms with Crippen molar-refractivity contribution in [2.75, 3.05) is 12.9 Å². The minimum absolute atomic E-state index is 0.0201. The molecule has 13 heteroatoms. The van der Waals surface area contributed by atoms with E-state index in [1.165, 1.54) is 11.8 Å². The predicted molar refractivity (Wildman–Crippen MR) is 178 cm³/mol. The van der Waals surface area contributed by atoms with Crippen LogP contribution in [0.5, 0.6) is 0 Å². The fourth-order valence-corrected chi connectivity index (χ4v) is 6.60. The van der Waals surface area contributed by atoms with Crippen LogP contribution in [-0.4, -0.2) is 74.3 Å². The van der Waals surface area contributed by atoms with Gasteiger partial charge in [-0.1, -0.05) is 43.8 Å². The molecule has 2 unspecified atom stereocenters. The zero-order valence-corrected chi connectivity index (χ0v) is 28.9. The molecular weight excluding hydrogens is 603 g/mol. The normalized spacial score (nSPS) is 19.9. The van der Waals surface area contributed by atoms with Crippen molar-refractivity contribution >= 4 is 39.0 Å². The summed E-state index contributed by atoms with van der Waals surface area (Å²) in [5.41, 5.74) is 0.301. The van der Waals surface area contributed by atoms with Crippen molar-refractivity contribution in [1.29, 1.82) is 0 Å². The minimum Gasteiger partial charge on any atom is -0.447 e. The van der Waals surface area contributed by atoms with Gasteiger partial charge < -0.3 is 25.4 Å². The summed E-state index contributed by atoms with van der Waals surface area (Å²) < 4.78 is 40.2. The Labute approximate surface area is 267 Å². The zero-order valence-electron chi connectivity index (χ0n) is 27.3. The van der Waals surface area contributed by atoms with Gasteiger partial charge in [-0.3, -0.25) is 4.99 Å². The average Bonchev–Trinajstić information content (AvgIpc) is 2.93. The Morgan fingerprint density at radius 3 is 2.34 bits per heavy atom. The molecule has 2 rings (SSSR count). The van der Waals surface area contributed by atoms with E-state index in [-0.39, 0.29) is 47.6 Å². The molecule has 3 amide bonds. The van der Waals surface area contributed by atoms with Crippen LogP contribution in [0.1, 0.15) is 73.3 Å². The fourth-order valence-electron chi connectivity index (χ4n) is 4.57. The van der Waals surface area contributed by atoms with Crippen LogP contribution in [-0.2, 0) is 26.0 Å². The molecule has 4 N–H and O–H groups in total. The van der Waals surface area contributed by atoms with E-state index < -0.39 is 27.7 Å². The third kappa shape index (κ3) is 13.2. The van der Waals surface area contributed by atoms with Crippen molar-refractivity contribution < 1.29 is 27.5 Å². The van der Waals surface area contributed by atoms with Crippen molar-refractivity contribution in [1.82, 2.24) is 20.7 Å². The first-order valence-corrected chi connectivity index (χ1v) is 17.7. The van der Waals surface area contributed by atoms with E-state index in [4.69, 9.17) is 14.5 Å². The molecule has 248 valence electrons. The highest BCUT2D eigenvalue weighted by Crippen LogP contribution is 2.27. The maximum atomic E-state index is 13.1. The first kappa shape index (κ1) is 37.6. The van der Waals surface area contributed by atoms with Gasteiger partial charge in [0.05, 0.1) is 34.7 Å². The van der Waals surface area contributed by atoms with Crippen molar-refractivity contribution in [2.45, 2.75) is 110 Å². The summed E-state index contributed by atoms with van der Waals surface area (Å²) in [7, 11) is -3.83. The second kappa shape index (κ2) is 17.2. The van der Waals surface area contributed by atoms with Gasteiger partial charge in [0.2, 0.25) is 10.0 Å². The van der Waals surface area contributed by atoms with Gasteiger partial charge in [0.1, 0.15) is 6.10 Å². The van der Waals surface area contributed by atoms with Gasteiger partial charge in [0, 0.05) is 24.5 Å². The largest absolute Gasteiger partial charge is 0.447 e. The summed E-state index contributed by atoms with van der Waals surface area (Å²) in [6.07, 6.45) is 2.25. The van der Waals surface area contributed by atoms with E-state index >= 15 is 0 Å². The lowest BCUT2D eigenvalue weighted by atomic mass is 9.92. The molecule has 1 aromatic carbocycles. The van der Waals surface area contributed by atoms with E-state index in [2.05, 4.69) is 27.3 Å². The smallest absolute Gasteiger partial charge is 0.407 e. The number of ether oxygens (including phenoxy) is 2. The highest BCUT2D eigenvalue weighted by atomic mass is 32.2. The Morgan fingerprint density at radius 2 is 1.80 bits per heavy atom. The Kier molecular flexibility index (Phi) is 14.7. The van der Waals surface area contributed by atoms with Crippen LogP contribution >= 0.6 is 11.8 Å². The van der Waals surface area contributed by atoms with Gasteiger partial charge in [-0.2, -0.15) is 0 Å². The second-order valence-corrected chi connectivity index (χ2v) is 15.1. The molecule has 1 aromatic rings. The Bertz CT molecular complexity index is 1230. The number of hydrogen-bond acceptors (Lipinski definition) is 8. The van der Waals surface area contributed by atoms with Gasteiger partial charge in [-0.25, -0.2) is 22.7 Å². The van der Waals surface area contributed by atoms with Crippen LogP contribution in [0.2, 0.25) is 0 Å². The monoisotopic (exact) mass is 653 g/mol. The molecule has 5 atom stereocenters. The molecule has 0 aliphatic carbocycles. The number of thioether (sulfide) groups is 1. The Balaban J connectivity index is 2.19. The highest BCUT2D eigenvalue weighted by Gasteiger charge is 2.32. The van der Waals surface area contributed by atoms with E-state index in [1.807, 2.05) is 50.4 Å². The summed E-state index contributed by atoms with van der Waals surface area (Å²) in [5.74, 6) is -0.259. The molecule has 0 saturated carbocycles. The van der Waals surface area contributed by atoms with Gasteiger partial charge in [-0.15, -0.1) is 11.8 Å². The molecule has 0 aromatic heterocycles. The van der Waals surface area contributed by atoms with Crippen molar-refractivity contribution in [2.24, 2.45) is 10.9 Å². The molecule has 44 heavy (non-hydrogen) atoms. The number of urea groups is 1. The quantitative estimate of drug-likeness (QED) is 0.174. The van der Waals surface area contributed by atoms with Gasteiger partial charge in [0.15, 0.2) is 0 Å². The Morgan fingerprint density at radius 1 is 1.14 bits per heavy atom. The van der Waals surface area contributed by atoms with Crippen LogP contribution in [0.25, 0.3) is 0 Å². The minimum atomic E-state index is -3.83. The van der Waals surface area contributed by atoms with Crippen LogP contribution in [0, 0.1) is 5.92 Å². The SMILES string of the molecule is C=C(CC(N=C(SC)[C@@H]1CC[C@@H](NC(=O)OC(C)C)CO1)[C@H](C)C(C)NC(=O)NCc1ccccc1)S(=O)(=O)NC(C)(C)C. The fraction of sp³-hybridized carbons (Fsp3) is 0.645. The summed E-state index contributed by atoms with van der Waals surface area (Å²) in [5, 5.41) is 9.42. The number of hydrogen-bond donors (Lipinski definition) is 4. The number of sulfonamides is 1. The highest BCUT2D eigenvalue weighted by molar-refractivity contribution is 8.13. The van der Waals surface area contributed by atoms with E-state index in [9.17, 15) is 18.0 Å². The van der Waals surface area contributed by atoms with E-state index in [0.717, 1.165) is 10.6 Å². The maximum absolute atomic E-state index is 13.1. The second-order valence-electron chi connectivity index (χ2n) is 12.5. The van der Waals surface area contributed by atoms with Gasteiger partial charge >= 0.3 is 12.1 Å². The maximum Gasteiger partial charge on any atom is 0.407 e. The lowest BCUT2D eigenvalue weighted by molar-refractivity contribution is 0.0330. The van der Waals surface area contributed by atoms with Crippen molar-refractivity contribution in [3.63, 3.8) is 0 Å². The van der Waals surface area contributed by atoms with E-state index in [0.29, 0.717) is 26.0 Å². The van der Waals surface area contributed by atoms with Crippen LogP contribution in [0.3, 0.4) is 0 Å². The number of benzene rings is 1. The molecule has 0 spiro atoms. The summed E-state index contributed by atoms with van der Waals surface area (Å²) >= 11 is 1.44. The van der Waals surface area contributed by atoms with Crippen molar-refractivity contribution in [3.05, 3.63) is 47.4 Å². The number of rotatable bonds is 13. The number of nitrogens with zero attached hydrogens (tertiary/aromatic N) is 1. The topological polar surface area (TPSA) is 147 Å². The lowest BCUT2D eigenvalue weighted by Gasteiger charge is -2.32. The molecule has 1 saturated heterocycles. The third-order valence-electron chi connectivity index (χ3n) is 7.03. The van der Waals surface area contributed by atoms with E-state index in [1.54, 1.807) is 34.6 Å². The molecule has 1 heterocycles. The standard InChI is InChI=1S/C31H51N5O6S2/c1-20(2)42-30(38)34-25-15-16-27(41-19-25)28(43-9)35-26(17-21(3)44(39,40)36-31(6,7)8)22(4)23(5)33-29(37)32-18-24-13-11-10-12-14-24/h10-14,20,22-23,25-27,36H,3,15-19H2,1-2,4-9H3,(H,34,38)(H2,32,33,37)/t22-,23?,25-,26?,27+/m1/s1. The summed E-state index contributed by atoms with van der Waals surface area (Å²) in [4.78, 5) is 29.8. The predicted octanol–water partition coefficient (Wildman–Crippen LogP) is 4.94. The first-order chi connectivity index (χ1) is 20.5. The zero-order chi connectivity index (χ0) is 33.1. The van der Waals surface area contributed by atoms with Crippen LogP contribution < -0.4 is 20.7 Å². The van der Waals surface area contributed by atoms with Crippen LogP contribution in [0.4, 0.5) is 9.59 Å². The van der Waals surface area contributed by atoms with Gasteiger partial charge in [-0.05, 0) is 72.1 Å². The number of carbonyl (C=O) groups is 2. The number of alkyl carbamates (subject to hydrolysis) is 1. The van der Waals surface area contributed by atoms with Crippen LogP contribution in [0.15, 0.2) is 46.8 Å². The number of amides is 3. The lowest BCUT2D eigenvalue weighted by Crippen LogP contribution is -2.47. The first-order valence-electron chi connectivity index (χ1n) is 15.0.